The summed E-state index contributed by atoms with van der Waals surface area (Å²) in [5.74, 6) is -3.46. The van der Waals surface area contributed by atoms with Crippen LogP contribution in [0.2, 0.25) is 0 Å². The molecule has 1 unspecified atom stereocenters. The summed E-state index contributed by atoms with van der Waals surface area (Å²) in [6.07, 6.45) is -0.0367. The van der Waals surface area contributed by atoms with Crippen molar-refractivity contribution in [3.63, 3.8) is 0 Å². The topological polar surface area (TPSA) is 58.0 Å². The maximum absolute atomic E-state index is 13.1. The third-order valence-electron chi connectivity index (χ3n) is 2.14. The number of hydrogen-bond donors (Lipinski definition) is 0. The molecule has 0 bridgehead atoms. The molecule has 0 aromatic heterocycles. The average Bonchev–Trinajstić information content (AvgIpc) is 2.08. The highest BCUT2D eigenvalue weighted by molar-refractivity contribution is 4.80. The van der Waals surface area contributed by atoms with E-state index in [4.69, 9.17) is 10.3 Å². The highest BCUT2D eigenvalue weighted by Crippen LogP contribution is 2.34. The molecule has 0 saturated carbocycles. The Hall–Kier alpha value is -0.870. The lowest BCUT2D eigenvalue weighted by molar-refractivity contribution is -0.142. The minimum absolute atomic E-state index is 0.0634. The van der Waals surface area contributed by atoms with Crippen LogP contribution in [-0.4, -0.2) is 25.7 Å². The summed E-state index contributed by atoms with van der Waals surface area (Å²) in [7, 11) is 0. The molecule has 0 amide bonds. The van der Waals surface area contributed by atoms with Crippen molar-refractivity contribution < 1.29 is 13.5 Å². The Morgan fingerprint density at radius 2 is 2.38 bits per heavy atom. The molecular formula is C7H11F2N3O. The molecule has 0 aromatic carbocycles. The third kappa shape index (κ3) is 2.82. The van der Waals surface area contributed by atoms with Gasteiger partial charge in [-0.15, -0.1) is 0 Å². The van der Waals surface area contributed by atoms with Gasteiger partial charge in [-0.3, -0.25) is 0 Å². The van der Waals surface area contributed by atoms with Crippen molar-refractivity contribution in [2.45, 2.75) is 18.8 Å². The quantitative estimate of drug-likeness (QED) is 0.383. The van der Waals surface area contributed by atoms with Crippen LogP contribution < -0.4 is 0 Å². The van der Waals surface area contributed by atoms with Crippen LogP contribution in [0.5, 0.6) is 0 Å². The lowest BCUT2D eigenvalue weighted by Gasteiger charge is -2.30. The van der Waals surface area contributed by atoms with E-state index >= 15 is 0 Å². The summed E-state index contributed by atoms with van der Waals surface area (Å²) in [6, 6.07) is 0. The minimum Gasteiger partial charge on any atom is -0.381 e. The lowest BCUT2D eigenvalue weighted by Crippen LogP contribution is -2.38. The van der Waals surface area contributed by atoms with Crippen molar-refractivity contribution in [1.82, 2.24) is 0 Å². The predicted molar refractivity (Wildman–Crippen MR) is 42.5 cm³/mol. The van der Waals surface area contributed by atoms with E-state index in [2.05, 4.69) is 10.0 Å². The van der Waals surface area contributed by atoms with Gasteiger partial charge in [0.05, 0.1) is 13.2 Å². The van der Waals surface area contributed by atoms with E-state index in [-0.39, 0.29) is 32.6 Å². The zero-order valence-corrected chi connectivity index (χ0v) is 7.12. The van der Waals surface area contributed by atoms with E-state index in [0.29, 0.717) is 0 Å². The Labute approximate surface area is 74.5 Å². The van der Waals surface area contributed by atoms with Gasteiger partial charge in [-0.25, -0.2) is 8.78 Å². The number of rotatable bonds is 3. The highest BCUT2D eigenvalue weighted by atomic mass is 19.3. The summed E-state index contributed by atoms with van der Waals surface area (Å²) in [5, 5.41) is 3.22. The Balaban J connectivity index is 2.41. The average molecular weight is 191 g/mol. The first-order valence-electron chi connectivity index (χ1n) is 4.13. The van der Waals surface area contributed by atoms with E-state index in [1.54, 1.807) is 0 Å². The minimum atomic E-state index is -2.66. The standard InChI is InChI=1S/C7H11F2N3O/c8-7(9)2-4-13-5-6(7)1-3-11-12-10/h6H,1-5H2. The van der Waals surface area contributed by atoms with Crippen molar-refractivity contribution in [2.24, 2.45) is 11.0 Å². The summed E-state index contributed by atoms with van der Waals surface area (Å²) in [4.78, 5) is 2.51. The van der Waals surface area contributed by atoms with E-state index in [1.165, 1.54) is 0 Å². The molecule has 1 atom stereocenters. The predicted octanol–water partition coefficient (Wildman–Crippen LogP) is 2.36. The maximum atomic E-state index is 13.1. The van der Waals surface area contributed by atoms with Crippen LogP contribution in [0, 0.1) is 5.92 Å². The van der Waals surface area contributed by atoms with Crippen molar-refractivity contribution in [2.75, 3.05) is 19.8 Å². The zero-order chi connectivity index (χ0) is 9.73. The number of azide groups is 1. The largest absolute Gasteiger partial charge is 0.381 e. The summed E-state index contributed by atoms with van der Waals surface area (Å²) < 4.78 is 31.1. The fraction of sp³-hybridized carbons (Fsp3) is 1.00. The maximum Gasteiger partial charge on any atom is 0.255 e. The number of hydrogen-bond acceptors (Lipinski definition) is 2. The molecule has 1 rings (SSSR count). The van der Waals surface area contributed by atoms with Crippen LogP contribution >= 0.6 is 0 Å². The second-order valence-electron chi connectivity index (χ2n) is 3.03. The molecule has 4 nitrogen and oxygen atoms in total. The molecule has 1 aliphatic heterocycles. The van der Waals surface area contributed by atoms with Crippen molar-refractivity contribution in [3.8, 4) is 0 Å². The van der Waals surface area contributed by atoms with Crippen LogP contribution in [0.1, 0.15) is 12.8 Å². The van der Waals surface area contributed by atoms with Gasteiger partial charge in [-0.1, -0.05) is 5.11 Å². The SMILES string of the molecule is [N-]=[N+]=NCCC1COCCC1(F)F. The van der Waals surface area contributed by atoms with Gasteiger partial charge in [-0.2, -0.15) is 0 Å². The molecule has 0 spiro atoms. The second kappa shape index (κ2) is 4.39. The van der Waals surface area contributed by atoms with Crippen LogP contribution in [0.25, 0.3) is 10.4 Å². The Bertz CT molecular complexity index is 216. The molecule has 1 aliphatic rings. The zero-order valence-electron chi connectivity index (χ0n) is 7.12. The monoisotopic (exact) mass is 191 g/mol. The normalized spacial score (nSPS) is 26.5. The molecule has 74 valence electrons. The second-order valence-corrected chi connectivity index (χ2v) is 3.03. The number of alkyl halides is 2. The first-order chi connectivity index (χ1) is 6.17. The summed E-state index contributed by atoms with van der Waals surface area (Å²) >= 11 is 0. The van der Waals surface area contributed by atoms with Gasteiger partial charge in [0.2, 0.25) is 0 Å². The third-order valence-corrected chi connectivity index (χ3v) is 2.14. The molecule has 1 heterocycles. The first-order valence-corrected chi connectivity index (χ1v) is 4.13. The molecule has 0 radical (unpaired) electrons. The Kier molecular flexibility index (Phi) is 3.45. The number of ether oxygens (including phenoxy) is 1. The van der Waals surface area contributed by atoms with Gasteiger partial charge in [0, 0.05) is 23.8 Å². The Morgan fingerprint density at radius 1 is 1.62 bits per heavy atom. The van der Waals surface area contributed by atoms with Crippen molar-refractivity contribution in [3.05, 3.63) is 10.4 Å². The summed E-state index contributed by atoms with van der Waals surface area (Å²) in [6.45, 7) is 0.291. The van der Waals surface area contributed by atoms with Gasteiger partial charge >= 0.3 is 0 Å². The van der Waals surface area contributed by atoms with Crippen molar-refractivity contribution in [1.29, 1.82) is 0 Å². The molecule has 6 heteroatoms. The fourth-order valence-electron chi connectivity index (χ4n) is 1.31. The first kappa shape index (κ1) is 10.2. The van der Waals surface area contributed by atoms with E-state index < -0.39 is 11.8 Å². The smallest absolute Gasteiger partial charge is 0.255 e. The lowest BCUT2D eigenvalue weighted by atomic mass is 9.94. The van der Waals surface area contributed by atoms with E-state index in [9.17, 15) is 8.78 Å². The highest BCUT2D eigenvalue weighted by Gasteiger charge is 2.41. The van der Waals surface area contributed by atoms with Gasteiger partial charge in [0.15, 0.2) is 0 Å². The summed E-state index contributed by atoms with van der Waals surface area (Å²) in [5.41, 5.74) is 7.97. The molecule has 1 fully saturated rings. The van der Waals surface area contributed by atoms with Crippen LogP contribution in [0.3, 0.4) is 0 Å². The van der Waals surface area contributed by atoms with Gasteiger partial charge in [-0.05, 0) is 12.0 Å². The number of nitrogens with zero attached hydrogens (tertiary/aromatic N) is 3. The molecule has 1 saturated heterocycles. The van der Waals surface area contributed by atoms with Gasteiger partial charge in [0.1, 0.15) is 0 Å². The van der Waals surface area contributed by atoms with Crippen LogP contribution in [0.4, 0.5) is 8.78 Å². The molecular weight excluding hydrogens is 180 g/mol. The fourth-order valence-corrected chi connectivity index (χ4v) is 1.31. The van der Waals surface area contributed by atoms with Gasteiger partial charge < -0.3 is 4.74 Å². The molecule has 0 aromatic rings. The molecule has 0 N–H and O–H groups in total. The molecule has 0 aliphatic carbocycles. The van der Waals surface area contributed by atoms with E-state index in [1.807, 2.05) is 0 Å². The van der Waals surface area contributed by atoms with Crippen LogP contribution in [-0.2, 0) is 4.74 Å². The number of halogens is 2. The Morgan fingerprint density at radius 3 is 3.00 bits per heavy atom. The molecule has 13 heavy (non-hydrogen) atoms. The van der Waals surface area contributed by atoms with E-state index in [0.717, 1.165) is 0 Å². The van der Waals surface area contributed by atoms with Gasteiger partial charge in [0.25, 0.3) is 5.92 Å². The van der Waals surface area contributed by atoms with Crippen molar-refractivity contribution >= 4 is 0 Å². The van der Waals surface area contributed by atoms with Crippen LogP contribution in [0.15, 0.2) is 5.11 Å².